The molecule has 0 unspecified atom stereocenters. The molecule has 0 atom stereocenters. The summed E-state index contributed by atoms with van der Waals surface area (Å²) in [6.45, 7) is 0. The van der Waals surface area contributed by atoms with Crippen LogP contribution in [0.3, 0.4) is 0 Å². The molecule has 0 bridgehead atoms. The Hall–Kier alpha value is 1.34. The van der Waals surface area contributed by atoms with Crippen molar-refractivity contribution in [3.63, 3.8) is 0 Å². The number of halogens is 1. The molecule has 0 aliphatic rings. The molecule has 0 aromatic rings. The van der Waals surface area contributed by atoms with Gasteiger partial charge in [-0.2, -0.15) is 0 Å². The second kappa shape index (κ2) is 5.48. The van der Waals surface area contributed by atoms with Gasteiger partial charge < -0.3 is 33.1 Å². The molecule has 0 spiro atoms. The first-order chi connectivity index (χ1) is 2.00. The van der Waals surface area contributed by atoms with Crippen molar-refractivity contribution in [2.24, 2.45) is 0 Å². The van der Waals surface area contributed by atoms with Gasteiger partial charge in [0.05, 0.1) is 0 Å². The van der Waals surface area contributed by atoms with Crippen molar-refractivity contribution >= 4 is 10.4 Å². The molecule has 0 aliphatic carbocycles. The van der Waals surface area contributed by atoms with Gasteiger partial charge in [-0.25, -0.2) is 0 Å². The summed E-state index contributed by atoms with van der Waals surface area (Å²) in [5, 5.41) is 0. The van der Waals surface area contributed by atoms with Gasteiger partial charge in [-0.1, -0.05) is 0 Å². The maximum absolute atomic E-state index is 8.52. The molecule has 0 N–H and O–H groups in total. The zero-order valence-electron chi connectivity index (χ0n) is 2.72. The summed E-state index contributed by atoms with van der Waals surface area (Å²) in [4.78, 5) is 0. The third-order valence-corrected chi connectivity index (χ3v) is 0. The molecule has 7 heavy (non-hydrogen) atoms. The molecule has 0 rings (SSSR count). The predicted molar refractivity (Wildman–Crippen MR) is 10.5 cm³/mol. The number of hydrogen-bond donors (Lipinski definition) is 0. The second-order valence-corrected chi connectivity index (χ2v) is 1.22. The van der Waals surface area contributed by atoms with E-state index in [4.69, 9.17) is 17.5 Å². The summed E-state index contributed by atoms with van der Waals surface area (Å²) < 4.78 is 34.1. The quantitative estimate of drug-likeness (QED) is 0.195. The van der Waals surface area contributed by atoms with Crippen molar-refractivity contribution < 1.29 is 63.9 Å². The van der Waals surface area contributed by atoms with Crippen molar-refractivity contribution in [1.82, 2.24) is 0 Å². The van der Waals surface area contributed by atoms with E-state index < -0.39 is 10.4 Å². The Kier molecular flexibility index (Phi) is 12.3. The Balaban J connectivity index is -0.0000000800. The summed E-state index contributed by atoms with van der Waals surface area (Å²) in [5.41, 5.74) is 0. The fraction of sp³-hybridized carbons (Fsp3) is 0. The van der Waals surface area contributed by atoms with Gasteiger partial charge in [-0.3, -0.25) is 8.42 Å². The zero-order valence-corrected chi connectivity index (χ0v) is 7.18. The molecule has 0 aliphatic heterocycles. The van der Waals surface area contributed by atoms with E-state index >= 15 is 0 Å². The Morgan fingerprint density at radius 2 is 1.14 bits per heavy atom. The van der Waals surface area contributed by atoms with E-state index in [9.17, 15) is 0 Å². The van der Waals surface area contributed by atoms with E-state index in [2.05, 4.69) is 0 Å². The minimum Gasteiger partial charge on any atom is -1.00 e. The van der Waals surface area contributed by atoms with Crippen LogP contribution < -0.4 is 24.0 Å². The molecule has 7 heteroatoms. The predicted octanol–water partition coefficient (Wildman–Crippen LogP) is -4.34. The van der Waals surface area contributed by atoms with Gasteiger partial charge in [-0.05, 0) is 0 Å². The average Bonchev–Trinajstić information content (AvgIpc) is 0.722. The van der Waals surface area contributed by atoms with E-state index in [0.29, 0.717) is 0 Å². The first kappa shape index (κ1) is 15.8. The molecule has 48 valence electrons. The molecule has 0 heterocycles. The molecule has 0 fully saturated rings. The first-order valence-corrected chi connectivity index (χ1v) is 2.00. The molecule has 0 amide bonds. The maximum atomic E-state index is 8.52. The van der Waals surface area contributed by atoms with E-state index in [0.717, 1.165) is 0 Å². The van der Waals surface area contributed by atoms with Crippen molar-refractivity contribution in [3.8, 4) is 0 Å². The van der Waals surface area contributed by atoms with Gasteiger partial charge >= 0.3 is 22.4 Å². The van der Waals surface area contributed by atoms with E-state index in [1.54, 1.807) is 0 Å². The SMILES string of the molecule is O=S(=O)([O-])[O-].[Ag+3].[I-]. The van der Waals surface area contributed by atoms with Crippen LogP contribution in [0, 0.1) is 0 Å². The molecule has 4 nitrogen and oxygen atoms in total. The van der Waals surface area contributed by atoms with Crippen LogP contribution in [-0.4, -0.2) is 17.5 Å². The molecular formula is AgIO4S. The molecule has 0 saturated heterocycles. The molecular weight excluding hydrogens is 331 g/mol. The second-order valence-electron chi connectivity index (χ2n) is 0.408. The van der Waals surface area contributed by atoms with Crippen LogP contribution in [0.15, 0.2) is 0 Å². The van der Waals surface area contributed by atoms with Gasteiger partial charge in [0, 0.05) is 10.4 Å². The van der Waals surface area contributed by atoms with Crippen molar-refractivity contribution in [2.75, 3.05) is 0 Å². The molecule has 0 aromatic carbocycles. The van der Waals surface area contributed by atoms with Crippen molar-refractivity contribution in [3.05, 3.63) is 0 Å². The van der Waals surface area contributed by atoms with Crippen molar-refractivity contribution in [1.29, 1.82) is 0 Å². The monoisotopic (exact) mass is 330 g/mol. The summed E-state index contributed by atoms with van der Waals surface area (Å²) in [6.07, 6.45) is 0. The van der Waals surface area contributed by atoms with Crippen LogP contribution in [0.1, 0.15) is 0 Å². The van der Waals surface area contributed by atoms with Crippen LogP contribution >= 0.6 is 0 Å². The smallest absolute Gasteiger partial charge is 1.00 e. The summed E-state index contributed by atoms with van der Waals surface area (Å²) in [5.74, 6) is 0. The normalized spacial score (nSPS) is 8.29. The van der Waals surface area contributed by atoms with Gasteiger partial charge in [0.25, 0.3) is 0 Å². The summed E-state index contributed by atoms with van der Waals surface area (Å²) >= 11 is 0. The third-order valence-electron chi connectivity index (χ3n) is 0. The summed E-state index contributed by atoms with van der Waals surface area (Å²) in [6, 6.07) is 0. The van der Waals surface area contributed by atoms with Crippen LogP contribution in [0.4, 0.5) is 0 Å². The fourth-order valence-electron chi connectivity index (χ4n) is 0. The Labute approximate surface area is 73.8 Å². The Morgan fingerprint density at radius 1 is 1.14 bits per heavy atom. The van der Waals surface area contributed by atoms with Crippen LogP contribution in [0.25, 0.3) is 0 Å². The van der Waals surface area contributed by atoms with Crippen LogP contribution in [0.2, 0.25) is 0 Å². The third kappa shape index (κ3) is 117. The molecule has 0 radical (unpaired) electrons. The van der Waals surface area contributed by atoms with Gasteiger partial charge in [0.1, 0.15) is 0 Å². The van der Waals surface area contributed by atoms with E-state index in [-0.39, 0.29) is 46.4 Å². The minimum absolute atomic E-state index is 0. The van der Waals surface area contributed by atoms with Crippen LogP contribution in [-0.2, 0) is 32.8 Å². The fourth-order valence-corrected chi connectivity index (χ4v) is 0. The van der Waals surface area contributed by atoms with Gasteiger partial charge in [-0.15, -0.1) is 0 Å². The summed E-state index contributed by atoms with van der Waals surface area (Å²) in [7, 11) is -5.17. The minimum atomic E-state index is -5.17. The topological polar surface area (TPSA) is 80.3 Å². The van der Waals surface area contributed by atoms with Crippen molar-refractivity contribution in [2.45, 2.75) is 0 Å². The molecule has 0 saturated carbocycles. The first-order valence-electron chi connectivity index (χ1n) is 0.667. The van der Waals surface area contributed by atoms with E-state index in [1.165, 1.54) is 0 Å². The largest absolute Gasteiger partial charge is 3.00 e. The maximum Gasteiger partial charge on any atom is 3.00 e. The number of rotatable bonds is 0. The van der Waals surface area contributed by atoms with Crippen LogP contribution in [0.5, 0.6) is 0 Å². The standard InChI is InChI=1S/Ag.HI.H2O4S/c;;1-5(2,3)4/h;1H;(H2,1,2,3,4)/q+3;;/p-3. The van der Waals surface area contributed by atoms with Gasteiger partial charge in [0.2, 0.25) is 0 Å². The Morgan fingerprint density at radius 3 is 1.14 bits per heavy atom. The number of hydrogen-bond acceptors (Lipinski definition) is 4. The Bertz CT molecular complexity index is 94.9. The molecule has 0 aromatic heterocycles. The van der Waals surface area contributed by atoms with E-state index in [1.807, 2.05) is 0 Å². The average molecular weight is 331 g/mol. The zero-order chi connectivity index (χ0) is 4.50. The van der Waals surface area contributed by atoms with Gasteiger partial charge in [0.15, 0.2) is 0 Å².